The number of aromatic nitrogens is 3. The third-order valence-electron chi connectivity index (χ3n) is 8.64. The molecule has 248 valence electrons. The highest BCUT2D eigenvalue weighted by molar-refractivity contribution is 7.88. The number of halogens is 2. The van der Waals surface area contributed by atoms with Crippen molar-refractivity contribution in [3.05, 3.63) is 80.8 Å². The van der Waals surface area contributed by atoms with Gasteiger partial charge in [-0.25, -0.2) is 18.8 Å². The number of benzene rings is 2. The number of hydrogen-bond donors (Lipinski definition) is 2. The molecule has 2 aliphatic heterocycles. The summed E-state index contributed by atoms with van der Waals surface area (Å²) in [5.74, 6) is 1.39. The Kier molecular flexibility index (Phi) is 9.58. The van der Waals surface area contributed by atoms with E-state index in [1.807, 2.05) is 30.3 Å². The topological polar surface area (TPSA) is 108 Å². The maximum Gasteiger partial charge on any atom is 0.239 e. The molecule has 2 aromatic carbocycles. The fourth-order valence-electron chi connectivity index (χ4n) is 6.19. The summed E-state index contributed by atoms with van der Waals surface area (Å²) in [7, 11) is -3.17. The number of piperazine rings is 1. The number of fused-ring (bicyclic) bond motifs is 2. The van der Waals surface area contributed by atoms with Gasteiger partial charge >= 0.3 is 0 Å². The monoisotopic (exact) mass is 714 g/mol. The number of rotatable bonds is 10. The minimum atomic E-state index is -3.17. The lowest BCUT2D eigenvalue weighted by molar-refractivity contribution is 0.122. The molecular formula is C32H36Cl2N8O3S2. The number of ether oxygens (including phenoxy) is 1. The smallest absolute Gasteiger partial charge is 0.239 e. The first-order chi connectivity index (χ1) is 22.7. The number of sulfonamides is 1. The molecule has 7 rings (SSSR count). The van der Waals surface area contributed by atoms with Gasteiger partial charge in [-0.2, -0.15) is 9.29 Å². The first-order valence-corrected chi connectivity index (χ1v) is 18.9. The molecule has 0 spiro atoms. The SMILES string of the molecule is CS(=O)(=O)N1CCN(Cc2cc3nc(NNCc4cn(Cc5c(Cl)cccc5Cl)c5ccccc45)nc(N4CCOCC4)c3s2)CC1. The molecule has 15 heteroatoms. The standard InChI is InChI=1S/C32H36Cl2N8O3S2/c1-47(43,44)42-11-9-39(10-12-42)20-23-17-28-30(46-23)31(40-13-15-45-16-14-40)37-32(36-28)38-35-18-22-19-41(29-8-3-2-5-24(22)29)21-25-26(33)6-4-7-27(25)34/h2-8,17,19,35H,9-16,18,20-21H2,1H3,(H,36,37,38). The van der Waals surface area contributed by atoms with Crippen molar-refractivity contribution in [3.63, 3.8) is 0 Å². The third-order valence-corrected chi connectivity index (χ3v) is 11.8. The average Bonchev–Trinajstić information content (AvgIpc) is 3.63. The van der Waals surface area contributed by atoms with Crippen LogP contribution in [-0.4, -0.2) is 90.9 Å². The fourth-order valence-corrected chi connectivity index (χ4v) is 8.69. The lowest BCUT2D eigenvalue weighted by atomic mass is 10.2. The maximum absolute atomic E-state index is 12.0. The Labute approximate surface area is 288 Å². The highest BCUT2D eigenvalue weighted by Gasteiger charge is 2.25. The lowest BCUT2D eigenvalue weighted by Gasteiger charge is -2.32. The summed E-state index contributed by atoms with van der Waals surface area (Å²) in [5, 5.41) is 2.42. The molecule has 2 N–H and O–H groups in total. The second-order valence-corrected chi connectivity index (χ2v) is 15.7. The molecule has 0 unspecified atom stereocenters. The van der Waals surface area contributed by atoms with Crippen molar-refractivity contribution < 1.29 is 13.2 Å². The fraction of sp³-hybridized carbons (Fsp3) is 0.375. The molecule has 3 aromatic heterocycles. The van der Waals surface area contributed by atoms with Crippen molar-refractivity contribution in [3.8, 4) is 0 Å². The summed E-state index contributed by atoms with van der Waals surface area (Å²) in [6.07, 6.45) is 3.40. The van der Waals surface area contributed by atoms with E-state index in [1.54, 1.807) is 15.6 Å². The zero-order valence-electron chi connectivity index (χ0n) is 26.0. The molecule has 47 heavy (non-hydrogen) atoms. The molecule has 0 atom stereocenters. The average molecular weight is 716 g/mol. The van der Waals surface area contributed by atoms with Gasteiger partial charge < -0.3 is 14.2 Å². The molecule has 0 aliphatic carbocycles. The van der Waals surface area contributed by atoms with Crippen LogP contribution in [0.3, 0.4) is 0 Å². The zero-order valence-corrected chi connectivity index (χ0v) is 29.1. The number of anilines is 2. The van der Waals surface area contributed by atoms with E-state index in [0.29, 0.717) is 68.5 Å². The Balaban J connectivity index is 1.10. The zero-order chi connectivity index (χ0) is 32.5. The Morgan fingerprint density at radius 2 is 1.68 bits per heavy atom. The van der Waals surface area contributed by atoms with Crippen LogP contribution < -0.4 is 15.8 Å². The molecule has 5 aromatic rings. The van der Waals surface area contributed by atoms with Gasteiger partial charge in [-0.05, 0) is 29.8 Å². The van der Waals surface area contributed by atoms with Gasteiger partial charge in [0.2, 0.25) is 16.0 Å². The van der Waals surface area contributed by atoms with Crippen molar-refractivity contribution in [2.45, 2.75) is 19.6 Å². The van der Waals surface area contributed by atoms with E-state index in [0.717, 1.165) is 57.7 Å². The van der Waals surface area contributed by atoms with Crippen molar-refractivity contribution >= 4 is 77.4 Å². The van der Waals surface area contributed by atoms with Crippen LogP contribution in [0.15, 0.2) is 54.7 Å². The predicted molar refractivity (Wildman–Crippen MR) is 190 cm³/mol. The third kappa shape index (κ3) is 7.22. The summed E-state index contributed by atoms with van der Waals surface area (Å²) in [5.41, 5.74) is 10.6. The van der Waals surface area contributed by atoms with Gasteiger partial charge in [0, 0.05) is 89.9 Å². The molecule has 0 saturated carbocycles. The maximum atomic E-state index is 12.0. The van der Waals surface area contributed by atoms with Gasteiger partial charge in [0.1, 0.15) is 0 Å². The van der Waals surface area contributed by atoms with E-state index >= 15 is 0 Å². The summed E-state index contributed by atoms with van der Waals surface area (Å²) in [4.78, 5) is 15.6. The van der Waals surface area contributed by atoms with E-state index in [4.69, 9.17) is 37.9 Å². The van der Waals surface area contributed by atoms with Crippen molar-refractivity contribution in [2.24, 2.45) is 0 Å². The number of nitrogens with zero attached hydrogens (tertiary/aromatic N) is 6. The van der Waals surface area contributed by atoms with Gasteiger partial charge in [-0.15, -0.1) is 11.3 Å². The lowest BCUT2D eigenvalue weighted by Crippen LogP contribution is -2.47. The summed E-state index contributed by atoms with van der Waals surface area (Å²) in [6.45, 7) is 7.06. The summed E-state index contributed by atoms with van der Waals surface area (Å²) in [6, 6.07) is 16.0. The van der Waals surface area contributed by atoms with E-state index in [9.17, 15) is 8.42 Å². The second-order valence-electron chi connectivity index (χ2n) is 11.8. The van der Waals surface area contributed by atoms with Crippen LogP contribution in [0.4, 0.5) is 11.8 Å². The molecule has 0 bridgehead atoms. The predicted octanol–water partition coefficient (Wildman–Crippen LogP) is 5.03. The van der Waals surface area contributed by atoms with E-state index in [2.05, 4.69) is 49.6 Å². The van der Waals surface area contributed by atoms with Crippen LogP contribution in [0.1, 0.15) is 16.0 Å². The minimum absolute atomic E-state index is 0.497. The Bertz CT molecular complexity index is 1980. The van der Waals surface area contributed by atoms with Crippen LogP contribution in [0.5, 0.6) is 0 Å². The summed E-state index contributed by atoms with van der Waals surface area (Å²) >= 11 is 14.7. The van der Waals surface area contributed by atoms with Gasteiger partial charge in [-0.1, -0.05) is 47.5 Å². The van der Waals surface area contributed by atoms with Gasteiger partial charge in [0.05, 0.1) is 36.2 Å². The van der Waals surface area contributed by atoms with Crippen LogP contribution >= 0.6 is 34.5 Å². The highest BCUT2D eigenvalue weighted by Crippen LogP contribution is 2.34. The van der Waals surface area contributed by atoms with E-state index in [1.165, 1.54) is 11.1 Å². The first-order valence-electron chi connectivity index (χ1n) is 15.5. The number of morpholine rings is 1. The van der Waals surface area contributed by atoms with Crippen LogP contribution in [0, 0.1) is 0 Å². The molecule has 2 aliphatic rings. The number of hydrazine groups is 1. The van der Waals surface area contributed by atoms with Gasteiger partial charge in [-0.3, -0.25) is 10.3 Å². The molecule has 2 saturated heterocycles. The Hall–Kier alpha value is -3.01. The largest absolute Gasteiger partial charge is 0.378 e. The number of thiophene rings is 1. The molecule has 2 fully saturated rings. The molecule has 0 radical (unpaired) electrons. The molecule has 5 heterocycles. The quantitative estimate of drug-likeness (QED) is 0.193. The molecule has 11 nitrogen and oxygen atoms in total. The highest BCUT2D eigenvalue weighted by atomic mass is 35.5. The minimum Gasteiger partial charge on any atom is -0.378 e. The van der Waals surface area contributed by atoms with E-state index < -0.39 is 10.0 Å². The normalized spacial score (nSPS) is 16.8. The van der Waals surface area contributed by atoms with Crippen molar-refractivity contribution in [1.29, 1.82) is 0 Å². The van der Waals surface area contributed by atoms with Crippen molar-refractivity contribution in [2.75, 3.05) is 69.1 Å². The number of para-hydroxylation sites is 1. The summed E-state index contributed by atoms with van der Waals surface area (Å²) < 4.78 is 34.3. The van der Waals surface area contributed by atoms with Crippen molar-refractivity contribution in [1.82, 2.24) is 29.2 Å². The first kappa shape index (κ1) is 32.5. The van der Waals surface area contributed by atoms with Crippen LogP contribution in [-0.2, 0) is 34.4 Å². The number of nitrogens with one attached hydrogen (secondary N) is 2. The van der Waals surface area contributed by atoms with Crippen LogP contribution in [0.2, 0.25) is 10.0 Å². The Morgan fingerprint density at radius 1 is 0.936 bits per heavy atom. The molecular weight excluding hydrogens is 679 g/mol. The number of hydrogen-bond acceptors (Lipinski definition) is 10. The van der Waals surface area contributed by atoms with Crippen LogP contribution in [0.25, 0.3) is 21.1 Å². The Morgan fingerprint density at radius 3 is 2.43 bits per heavy atom. The van der Waals surface area contributed by atoms with Gasteiger partial charge in [0.15, 0.2) is 5.82 Å². The van der Waals surface area contributed by atoms with E-state index in [-0.39, 0.29) is 0 Å². The van der Waals surface area contributed by atoms with Gasteiger partial charge in [0.25, 0.3) is 0 Å². The molecule has 0 amide bonds. The second kappa shape index (κ2) is 13.8.